The molecule has 6 nitrogen and oxygen atoms in total. The third-order valence-corrected chi connectivity index (χ3v) is 1.74. The third-order valence-electron chi connectivity index (χ3n) is 1.74. The summed E-state index contributed by atoms with van der Waals surface area (Å²) in [7, 11) is 0. The Kier molecular flexibility index (Phi) is 3.70. The average molecular weight is 199 g/mol. The monoisotopic (exact) mass is 199 g/mol. The molecule has 0 fully saturated rings. The third kappa shape index (κ3) is 3.61. The first-order valence-corrected chi connectivity index (χ1v) is 4.67. The van der Waals surface area contributed by atoms with Gasteiger partial charge in [0.15, 0.2) is 0 Å². The summed E-state index contributed by atoms with van der Waals surface area (Å²) in [6.45, 7) is 4.57. The predicted octanol–water partition coefficient (Wildman–Crippen LogP) is 0.206. The van der Waals surface area contributed by atoms with E-state index >= 15 is 0 Å². The van der Waals surface area contributed by atoms with Crippen molar-refractivity contribution in [3.05, 3.63) is 0 Å². The van der Waals surface area contributed by atoms with Crippen LogP contribution in [0.4, 0.5) is 11.9 Å². The van der Waals surface area contributed by atoms with Crippen molar-refractivity contribution < 1.29 is 5.11 Å². The lowest BCUT2D eigenvalue weighted by molar-refractivity contribution is 0.161. The highest BCUT2D eigenvalue weighted by atomic mass is 16.3. The molecular weight excluding hydrogens is 182 g/mol. The zero-order valence-corrected chi connectivity index (χ0v) is 8.49. The Hall–Kier alpha value is -1.30. The number of aliphatic hydroxyl groups excluding tert-OH is 1. The zero-order valence-electron chi connectivity index (χ0n) is 8.49. The van der Waals surface area contributed by atoms with Crippen molar-refractivity contribution in [1.29, 1.82) is 0 Å². The van der Waals surface area contributed by atoms with E-state index in [2.05, 4.69) is 34.3 Å². The summed E-state index contributed by atoms with van der Waals surface area (Å²) >= 11 is 0. The van der Waals surface area contributed by atoms with Gasteiger partial charge in [-0.1, -0.05) is 13.8 Å². The highest BCUT2D eigenvalue weighted by Crippen LogP contribution is 2.05. The fourth-order valence-corrected chi connectivity index (χ4v) is 1.19. The molecule has 0 spiro atoms. The Balaban J connectivity index is 2.26. The van der Waals surface area contributed by atoms with Crippen LogP contribution in [0.15, 0.2) is 0 Å². The highest BCUT2D eigenvalue weighted by Gasteiger charge is 2.07. The number of hydrogen-bond acceptors (Lipinski definition) is 5. The smallest absolute Gasteiger partial charge is 0.243 e. The molecule has 6 heteroatoms. The molecule has 0 amide bonds. The molecular formula is C8H17N5O. The number of nitrogens with two attached hydrogens (primary N) is 1. The lowest BCUT2D eigenvalue weighted by Crippen LogP contribution is -2.21. The van der Waals surface area contributed by atoms with Crippen LogP contribution in [0, 0.1) is 5.92 Å². The summed E-state index contributed by atoms with van der Waals surface area (Å²) in [4.78, 5) is 3.85. The van der Waals surface area contributed by atoms with Crippen LogP contribution in [0.2, 0.25) is 0 Å². The van der Waals surface area contributed by atoms with Crippen LogP contribution in [0.25, 0.3) is 0 Å². The number of nitrogens with one attached hydrogen (secondary N) is 2. The summed E-state index contributed by atoms with van der Waals surface area (Å²) in [5.41, 5.74) is 5.33. The largest absolute Gasteiger partial charge is 0.391 e. The molecule has 14 heavy (non-hydrogen) atoms. The van der Waals surface area contributed by atoms with E-state index in [1.165, 1.54) is 0 Å². The Bertz CT molecular complexity index is 272. The van der Waals surface area contributed by atoms with E-state index in [-0.39, 0.29) is 12.1 Å². The molecule has 1 aromatic heterocycles. The van der Waals surface area contributed by atoms with Crippen molar-refractivity contribution in [3.63, 3.8) is 0 Å². The van der Waals surface area contributed by atoms with Gasteiger partial charge in [0.1, 0.15) is 0 Å². The first-order valence-electron chi connectivity index (χ1n) is 4.67. The molecule has 1 atom stereocenters. The minimum Gasteiger partial charge on any atom is -0.391 e. The van der Waals surface area contributed by atoms with Gasteiger partial charge in [-0.15, -0.1) is 5.10 Å². The van der Waals surface area contributed by atoms with Crippen molar-refractivity contribution in [1.82, 2.24) is 15.2 Å². The van der Waals surface area contributed by atoms with E-state index in [0.717, 1.165) is 6.42 Å². The Morgan fingerprint density at radius 1 is 1.57 bits per heavy atom. The zero-order chi connectivity index (χ0) is 10.6. The molecule has 0 aliphatic heterocycles. The number of aliphatic hydroxyl groups is 1. The molecule has 5 N–H and O–H groups in total. The van der Waals surface area contributed by atoms with E-state index in [1.54, 1.807) is 0 Å². The molecule has 1 aromatic rings. The van der Waals surface area contributed by atoms with Crippen LogP contribution in [0.1, 0.15) is 20.3 Å². The first-order chi connectivity index (χ1) is 6.58. The molecule has 0 saturated carbocycles. The van der Waals surface area contributed by atoms with Crippen LogP contribution in [0.5, 0.6) is 0 Å². The second-order valence-electron chi connectivity index (χ2n) is 3.71. The fourth-order valence-electron chi connectivity index (χ4n) is 1.19. The van der Waals surface area contributed by atoms with E-state index in [0.29, 0.717) is 18.4 Å². The molecule has 0 aliphatic rings. The number of nitrogen functional groups attached to an aromatic ring is 1. The lowest BCUT2D eigenvalue weighted by atomic mass is 10.1. The highest BCUT2D eigenvalue weighted by molar-refractivity contribution is 5.29. The maximum absolute atomic E-state index is 9.53. The second kappa shape index (κ2) is 4.80. The Morgan fingerprint density at radius 3 is 2.79 bits per heavy atom. The van der Waals surface area contributed by atoms with Crippen LogP contribution < -0.4 is 11.1 Å². The number of H-pyrrole nitrogens is 1. The molecule has 1 rings (SSSR count). The standard InChI is InChI=1S/C8H17N5O/c1-5(2)3-6(14)4-10-8-11-7(9)12-13-8/h5-6,14H,3-4H2,1-2H3,(H4,9,10,11,12,13). The van der Waals surface area contributed by atoms with Gasteiger partial charge in [0.25, 0.3) is 0 Å². The van der Waals surface area contributed by atoms with Gasteiger partial charge in [-0.05, 0) is 12.3 Å². The van der Waals surface area contributed by atoms with Crippen molar-refractivity contribution in [3.8, 4) is 0 Å². The van der Waals surface area contributed by atoms with Crippen LogP contribution in [-0.4, -0.2) is 32.9 Å². The van der Waals surface area contributed by atoms with Crippen molar-refractivity contribution in [2.75, 3.05) is 17.6 Å². The molecule has 0 radical (unpaired) electrons. The first kappa shape index (κ1) is 10.8. The topological polar surface area (TPSA) is 99.8 Å². The summed E-state index contributed by atoms with van der Waals surface area (Å²) in [6.07, 6.45) is 0.377. The molecule has 0 bridgehead atoms. The predicted molar refractivity (Wildman–Crippen MR) is 54.7 cm³/mol. The molecule has 1 unspecified atom stereocenters. The normalized spacial score (nSPS) is 13.1. The van der Waals surface area contributed by atoms with E-state index in [4.69, 9.17) is 5.73 Å². The fraction of sp³-hybridized carbons (Fsp3) is 0.750. The van der Waals surface area contributed by atoms with Gasteiger partial charge in [0.2, 0.25) is 11.9 Å². The van der Waals surface area contributed by atoms with E-state index < -0.39 is 0 Å². The second-order valence-corrected chi connectivity index (χ2v) is 3.71. The maximum atomic E-state index is 9.53. The van der Waals surface area contributed by atoms with Crippen molar-refractivity contribution in [2.45, 2.75) is 26.4 Å². The SMILES string of the molecule is CC(C)CC(O)CNc1n[nH]c(N)n1. The van der Waals surface area contributed by atoms with Crippen molar-refractivity contribution in [2.24, 2.45) is 5.92 Å². The summed E-state index contributed by atoms with van der Waals surface area (Å²) in [6, 6.07) is 0. The minimum absolute atomic E-state index is 0.269. The van der Waals surface area contributed by atoms with E-state index in [9.17, 15) is 5.11 Å². The number of hydrogen-bond donors (Lipinski definition) is 4. The number of aromatic amines is 1. The minimum atomic E-state index is -0.380. The Labute approximate surface area is 82.9 Å². The summed E-state index contributed by atoms with van der Waals surface area (Å²) in [5, 5.41) is 18.7. The van der Waals surface area contributed by atoms with E-state index in [1.807, 2.05) is 0 Å². The molecule has 80 valence electrons. The van der Waals surface area contributed by atoms with Gasteiger partial charge in [-0.3, -0.25) is 0 Å². The number of nitrogens with zero attached hydrogens (tertiary/aromatic N) is 2. The maximum Gasteiger partial charge on any atom is 0.243 e. The number of aromatic nitrogens is 3. The van der Waals surface area contributed by atoms with Crippen molar-refractivity contribution >= 4 is 11.9 Å². The van der Waals surface area contributed by atoms with Gasteiger partial charge in [0.05, 0.1) is 6.10 Å². The lowest BCUT2D eigenvalue weighted by Gasteiger charge is -2.12. The Morgan fingerprint density at radius 2 is 2.29 bits per heavy atom. The van der Waals surface area contributed by atoms with Gasteiger partial charge in [-0.2, -0.15) is 4.98 Å². The summed E-state index contributed by atoms with van der Waals surface area (Å²) < 4.78 is 0. The molecule has 1 heterocycles. The molecule has 0 aliphatic carbocycles. The summed E-state index contributed by atoms with van der Waals surface area (Å²) in [5.74, 6) is 1.17. The van der Waals surface area contributed by atoms with Gasteiger partial charge in [0, 0.05) is 6.54 Å². The van der Waals surface area contributed by atoms with Gasteiger partial charge >= 0.3 is 0 Å². The average Bonchev–Trinajstić information content (AvgIpc) is 2.47. The molecule has 0 aromatic carbocycles. The number of rotatable bonds is 5. The van der Waals surface area contributed by atoms with Crippen LogP contribution in [0.3, 0.4) is 0 Å². The van der Waals surface area contributed by atoms with Gasteiger partial charge in [-0.25, -0.2) is 5.10 Å². The number of anilines is 2. The quantitative estimate of drug-likeness (QED) is 0.543. The van der Waals surface area contributed by atoms with Crippen LogP contribution >= 0.6 is 0 Å². The van der Waals surface area contributed by atoms with Crippen LogP contribution in [-0.2, 0) is 0 Å². The molecule has 0 saturated heterocycles. The van der Waals surface area contributed by atoms with Gasteiger partial charge < -0.3 is 16.2 Å².